The van der Waals surface area contributed by atoms with Crippen LogP contribution in [0.15, 0.2) is 60.7 Å². The molecule has 1 aliphatic rings. The SMILES string of the molecule is NC1CC(C(=O)OCc2ccccc2)CC(C(=O)OCc2ccccc2)C1. The lowest BCUT2D eigenvalue weighted by Crippen LogP contribution is -2.39. The average molecular weight is 367 g/mol. The number of carbonyl (C=O) groups is 2. The predicted octanol–water partition coefficient (Wildman–Crippen LogP) is 3.22. The Bertz CT molecular complexity index is 684. The summed E-state index contributed by atoms with van der Waals surface area (Å²) < 4.78 is 10.9. The summed E-state index contributed by atoms with van der Waals surface area (Å²) in [6, 6.07) is 18.9. The van der Waals surface area contributed by atoms with E-state index in [0.29, 0.717) is 19.3 Å². The fourth-order valence-electron chi connectivity index (χ4n) is 3.44. The van der Waals surface area contributed by atoms with Crippen LogP contribution in [0.2, 0.25) is 0 Å². The molecule has 142 valence electrons. The summed E-state index contributed by atoms with van der Waals surface area (Å²) in [6.45, 7) is 0.461. The summed E-state index contributed by atoms with van der Waals surface area (Å²) in [5.74, 6) is -1.33. The van der Waals surface area contributed by atoms with Crippen LogP contribution in [0.25, 0.3) is 0 Å². The van der Waals surface area contributed by atoms with Crippen LogP contribution in [0, 0.1) is 11.8 Å². The van der Waals surface area contributed by atoms with Crippen LogP contribution in [0.5, 0.6) is 0 Å². The van der Waals surface area contributed by atoms with Gasteiger partial charge in [-0.15, -0.1) is 0 Å². The lowest BCUT2D eigenvalue weighted by atomic mass is 9.79. The molecular weight excluding hydrogens is 342 g/mol. The van der Waals surface area contributed by atoms with Crippen LogP contribution in [-0.4, -0.2) is 18.0 Å². The van der Waals surface area contributed by atoms with Crippen LogP contribution >= 0.6 is 0 Å². The molecule has 2 N–H and O–H groups in total. The Morgan fingerprint density at radius 3 is 1.56 bits per heavy atom. The van der Waals surface area contributed by atoms with E-state index in [4.69, 9.17) is 15.2 Å². The molecular formula is C22H25NO4. The Kier molecular flexibility index (Phi) is 6.60. The zero-order valence-electron chi connectivity index (χ0n) is 15.3. The fraction of sp³-hybridized carbons (Fsp3) is 0.364. The van der Waals surface area contributed by atoms with Crippen molar-refractivity contribution in [2.75, 3.05) is 0 Å². The molecule has 1 aliphatic carbocycles. The van der Waals surface area contributed by atoms with Crippen LogP contribution in [0.4, 0.5) is 0 Å². The highest BCUT2D eigenvalue weighted by atomic mass is 16.5. The highest BCUT2D eigenvalue weighted by Crippen LogP contribution is 2.30. The summed E-state index contributed by atoms with van der Waals surface area (Å²) in [4.78, 5) is 24.9. The van der Waals surface area contributed by atoms with Crippen molar-refractivity contribution in [1.29, 1.82) is 0 Å². The Hall–Kier alpha value is -2.66. The first kappa shape index (κ1) is 19.1. The first-order valence-electron chi connectivity index (χ1n) is 9.28. The fourth-order valence-corrected chi connectivity index (χ4v) is 3.44. The molecule has 0 aromatic heterocycles. The molecule has 0 bridgehead atoms. The van der Waals surface area contributed by atoms with Gasteiger partial charge in [-0.1, -0.05) is 60.7 Å². The van der Waals surface area contributed by atoms with Gasteiger partial charge in [0.25, 0.3) is 0 Å². The maximum Gasteiger partial charge on any atom is 0.309 e. The van der Waals surface area contributed by atoms with Gasteiger partial charge in [-0.3, -0.25) is 9.59 Å². The molecule has 5 nitrogen and oxygen atoms in total. The molecule has 0 radical (unpaired) electrons. The largest absolute Gasteiger partial charge is 0.461 e. The van der Waals surface area contributed by atoms with Gasteiger partial charge in [0.2, 0.25) is 0 Å². The first-order valence-corrected chi connectivity index (χ1v) is 9.28. The van der Waals surface area contributed by atoms with Crippen molar-refractivity contribution in [2.45, 2.75) is 38.5 Å². The molecule has 1 saturated carbocycles. The lowest BCUT2D eigenvalue weighted by molar-refractivity contribution is -0.156. The zero-order valence-corrected chi connectivity index (χ0v) is 15.3. The third kappa shape index (κ3) is 5.66. The molecule has 0 spiro atoms. The molecule has 27 heavy (non-hydrogen) atoms. The Morgan fingerprint density at radius 2 is 1.15 bits per heavy atom. The molecule has 3 rings (SSSR count). The van der Waals surface area contributed by atoms with E-state index in [-0.39, 0.29) is 43.0 Å². The maximum atomic E-state index is 12.4. The zero-order chi connectivity index (χ0) is 19.1. The topological polar surface area (TPSA) is 78.6 Å². The van der Waals surface area contributed by atoms with E-state index >= 15 is 0 Å². The van der Waals surface area contributed by atoms with Gasteiger partial charge in [-0.2, -0.15) is 0 Å². The van der Waals surface area contributed by atoms with Crippen LogP contribution in [0.1, 0.15) is 30.4 Å². The van der Waals surface area contributed by atoms with Crippen LogP contribution in [-0.2, 0) is 32.3 Å². The maximum absolute atomic E-state index is 12.4. The highest BCUT2D eigenvalue weighted by Gasteiger charge is 2.36. The third-order valence-corrected chi connectivity index (χ3v) is 4.86. The van der Waals surface area contributed by atoms with Crippen molar-refractivity contribution < 1.29 is 19.1 Å². The van der Waals surface area contributed by atoms with Crippen molar-refractivity contribution in [3.05, 3.63) is 71.8 Å². The van der Waals surface area contributed by atoms with Crippen molar-refractivity contribution in [3.63, 3.8) is 0 Å². The summed E-state index contributed by atoms with van der Waals surface area (Å²) in [5, 5.41) is 0. The molecule has 2 aromatic carbocycles. The van der Waals surface area contributed by atoms with Gasteiger partial charge in [0, 0.05) is 6.04 Å². The summed E-state index contributed by atoms with van der Waals surface area (Å²) in [5.41, 5.74) is 7.96. The van der Waals surface area contributed by atoms with E-state index in [1.807, 2.05) is 60.7 Å². The number of ether oxygens (including phenoxy) is 2. The van der Waals surface area contributed by atoms with Crippen LogP contribution in [0.3, 0.4) is 0 Å². The number of carbonyl (C=O) groups excluding carboxylic acids is 2. The number of rotatable bonds is 6. The second kappa shape index (κ2) is 9.33. The Balaban J connectivity index is 1.51. The molecule has 2 aromatic rings. The van der Waals surface area contributed by atoms with E-state index in [2.05, 4.69) is 0 Å². The number of nitrogens with two attached hydrogens (primary N) is 1. The molecule has 2 unspecified atom stereocenters. The normalized spacial score (nSPS) is 22.0. The van der Waals surface area contributed by atoms with Gasteiger partial charge < -0.3 is 15.2 Å². The van der Waals surface area contributed by atoms with Crippen molar-refractivity contribution >= 4 is 11.9 Å². The molecule has 5 heteroatoms. The van der Waals surface area contributed by atoms with E-state index in [9.17, 15) is 9.59 Å². The smallest absolute Gasteiger partial charge is 0.309 e. The van der Waals surface area contributed by atoms with Gasteiger partial charge in [-0.25, -0.2) is 0 Å². The van der Waals surface area contributed by atoms with E-state index in [1.54, 1.807) is 0 Å². The first-order chi connectivity index (χ1) is 13.1. The molecule has 2 atom stereocenters. The molecule has 0 amide bonds. The van der Waals surface area contributed by atoms with Gasteiger partial charge in [0.05, 0.1) is 11.8 Å². The number of benzene rings is 2. The van der Waals surface area contributed by atoms with Crippen molar-refractivity contribution in [1.82, 2.24) is 0 Å². The van der Waals surface area contributed by atoms with Gasteiger partial charge in [0.15, 0.2) is 0 Å². The molecule has 0 saturated heterocycles. The highest BCUT2D eigenvalue weighted by molar-refractivity contribution is 5.76. The van der Waals surface area contributed by atoms with Crippen molar-refractivity contribution in [3.8, 4) is 0 Å². The minimum Gasteiger partial charge on any atom is -0.461 e. The van der Waals surface area contributed by atoms with E-state index < -0.39 is 0 Å². The molecule has 0 heterocycles. The van der Waals surface area contributed by atoms with E-state index in [0.717, 1.165) is 11.1 Å². The lowest BCUT2D eigenvalue weighted by Gasteiger charge is -2.30. The third-order valence-electron chi connectivity index (χ3n) is 4.86. The second-order valence-electron chi connectivity index (χ2n) is 7.05. The quantitative estimate of drug-likeness (QED) is 0.793. The second-order valence-corrected chi connectivity index (χ2v) is 7.05. The minimum absolute atomic E-state index is 0.206. The number of hydrogen-bond donors (Lipinski definition) is 1. The van der Waals surface area contributed by atoms with Crippen molar-refractivity contribution in [2.24, 2.45) is 17.6 Å². The minimum atomic E-state index is -0.369. The average Bonchev–Trinajstić information content (AvgIpc) is 2.71. The Labute approximate surface area is 159 Å². The van der Waals surface area contributed by atoms with Crippen LogP contribution < -0.4 is 5.73 Å². The standard InChI is InChI=1S/C22H25NO4/c23-20-12-18(21(24)26-14-16-7-3-1-4-8-16)11-19(13-20)22(25)27-15-17-9-5-2-6-10-17/h1-10,18-20H,11-15,23H2. The number of esters is 2. The van der Waals surface area contributed by atoms with Gasteiger partial charge >= 0.3 is 11.9 Å². The van der Waals surface area contributed by atoms with Gasteiger partial charge in [-0.05, 0) is 30.4 Å². The summed E-state index contributed by atoms with van der Waals surface area (Å²) in [7, 11) is 0. The summed E-state index contributed by atoms with van der Waals surface area (Å²) in [6.07, 6.45) is 1.50. The van der Waals surface area contributed by atoms with Gasteiger partial charge in [0.1, 0.15) is 13.2 Å². The number of hydrogen-bond acceptors (Lipinski definition) is 5. The summed E-state index contributed by atoms with van der Waals surface area (Å²) >= 11 is 0. The molecule has 0 aliphatic heterocycles. The monoisotopic (exact) mass is 367 g/mol. The van der Waals surface area contributed by atoms with E-state index in [1.165, 1.54) is 0 Å². The molecule has 1 fully saturated rings. The Morgan fingerprint density at radius 1 is 0.741 bits per heavy atom. The predicted molar refractivity (Wildman–Crippen MR) is 101 cm³/mol.